The van der Waals surface area contributed by atoms with Crippen molar-refractivity contribution in [3.05, 3.63) is 113 Å². The van der Waals surface area contributed by atoms with Crippen molar-refractivity contribution < 1.29 is 8.98 Å². The lowest BCUT2D eigenvalue weighted by molar-refractivity contribution is -0.660. The molecule has 0 aliphatic heterocycles. The quantitative estimate of drug-likeness (QED) is 0.232. The number of aryl methyl sites for hydroxylation is 5. The minimum Gasteiger partial charge on any atom is -0.454 e. The van der Waals surface area contributed by atoms with E-state index in [2.05, 4.69) is 112 Å². The van der Waals surface area contributed by atoms with Crippen molar-refractivity contribution in [1.29, 1.82) is 5.26 Å². The first-order chi connectivity index (χ1) is 18.4. The molecule has 38 heavy (non-hydrogen) atoms. The van der Waals surface area contributed by atoms with Gasteiger partial charge in [-0.3, -0.25) is 0 Å². The molecule has 2 aromatic heterocycles. The van der Waals surface area contributed by atoms with Crippen molar-refractivity contribution in [2.24, 2.45) is 7.05 Å². The Labute approximate surface area is 223 Å². The number of benzene rings is 4. The predicted octanol–water partition coefficient (Wildman–Crippen LogP) is 8.52. The normalized spacial score (nSPS) is 11.3. The van der Waals surface area contributed by atoms with E-state index in [1.807, 2.05) is 18.2 Å². The smallest absolute Gasteiger partial charge is 0.216 e. The van der Waals surface area contributed by atoms with Crippen molar-refractivity contribution in [2.75, 3.05) is 0 Å². The van der Waals surface area contributed by atoms with Gasteiger partial charge in [0.05, 0.1) is 17.2 Å². The number of furan rings is 1. The largest absolute Gasteiger partial charge is 0.454 e. The standard InChI is InChI=1S/C35H29N2O/c1-21-11-14-29-30-16-13-27(19-36)33(28-15-12-26(17-23(28)3)25-9-7-6-8-10-25)35(30)38-34(29)32(21)31-18-22(2)24(4)20-37(31)5/h6-18,20H,1-5H3/q+1. The predicted molar refractivity (Wildman–Crippen MR) is 155 cm³/mol. The fraction of sp³-hybridized carbons (Fsp3) is 0.143. The van der Waals surface area contributed by atoms with Gasteiger partial charge in [0.25, 0.3) is 0 Å². The Hall–Kier alpha value is -4.68. The Morgan fingerprint density at radius 2 is 1.37 bits per heavy atom. The Morgan fingerprint density at radius 1 is 0.658 bits per heavy atom. The zero-order chi connectivity index (χ0) is 26.6. The van der Waals surface area contributed by atoms with Crippen LogP contribution in [0, 0.1) is 39.0 Å². The zero-order valence-corrected chi connectivity index (χ0v) is 22.4. The number of hydrogen-bond acceptors (Lipinski definition) is 2. The van der Waals surface area contributed by atoms with Gasteiger partial charge in [-0.25, -0.2) is 4.57 Å². The van der Waals surface area contributed by atoms with Crippen LogP contribution in [0.25, 0.3) is 55.4 Å². The summed E-state index contributed by atoms with van der Waals surface area (Å²) in [6.45, 7) is 8.52. The van der Waals surface area contributed by atoms with Gasteiger partial charge in [-0.15, -0.1) is 0 Å². The van der Waals surface area contributed by atoms with Crippen molar-refractivity contribution in [1.82, 2.24) is 0 Å². The van der Waals surface area contributed by atoms with Crippen LogP contribution in [0.4, 0.5) is 0 Å². The van der Waals surface area contributed by atoms with Crippen LogP contribution in [0.3, 0.4) is 0 Å². The molecule has 2 heterocycles. The van der Waals surface area contributed by atoms with Gasteiger partial charge in [-0.2, -0.15) is 5.26 Å². The zero-order valence-electron chi connectivity index (χ0n) is 22.4. The summed E-state index contributed by atoms with van der Waals surface area (Å²) in [4.78, 5) is 0. The molecular formula is C35H29N2O+. The number of nitrogens with zero attached hydrogens (tertiary/aromatic N) is 2. The number of rotatable bonds is 3. The molecule has 0 amide bonds. The molecule has 0 aliphatic rings. The van der Waals surface area contributed by atoms with Crippen LogP contribution in [0.1, 0.15) is 27.8 Å². The summed E-state index contributed by atoms with van der Waals surface area (Å²) in [5.41, 5.74) is 13.4. The molecule has 4 aromatic carbocycles. The van der Waals surface area contributed by atoms with Crippen LogP contribution < -0.4 is 4.57 Å². The highest BCUT2D eigenvalue weighted by Gasteiger charge is 2.24. The highest BCUT2D eigenvalue weighted by molar-refractivity contribution is 6.14. The van der Waals surface area contributed by atoms with Crippen molar-refractivity contribution >= 4 is 21.9 Å². The van der Waals surface area contributed by atoms with Gasteiger partial charge in [-0.1, -0.05) is 60.7 Å². The van der Waals surface area contributed by atoms with E-state index in [4.69, 9.17) is 4.42 Å². The molecule has 6 rings (SSSR count). The Balaban J connectivity index is 1.64. The van der Waals surface area contributed by atoms with Crippen LogP contribution in [0.5, 0.6) is 0 Å². The van der Waals surface area contributed by atoms with Crippen molar-refractivity contribution in [2.45, 2.75) is 27.7 Å². The van der Waals surface area contributed by atoms with Gasteiger partial charge >= 0.3 is 0 Å². The van der Waals surface area contributed by atoms with Crippen LogP contribution in [0.15, 0.2) is 89.5 Å². The number of aromatic nitrogens is 1. The van der Waals surface area contributed by atoms with Gasteiger partial charge in [0, 0.05) is 28.0 Å². The fourth-order valence-corrected chi connectivity index (χ4v) is 5.57. The van der Waals surface area contributed by atoms with Gasteiger partial charge < -0.3 is 4.42 Å². The number of nitriles is 1. The fourth-order valence-electron chi connectivity index (χ4n) is 5.57. The monoisotopic (exact) mass is 493 g/mol. The maximum Gasteiger partial charge on any atom is 0.216 e. The SMILES string of the molecule is Cc1cc(-c2c(C)ccc3c2oc2c(-c4ccc(-c5ccccc5)cc4C)c(C#N)ccc23)[n+](C)cc1C. The molecule has 6 aromatic rings. The second kappa shape index (κ2) is 9.01. The third-order valence-corrected chi connectivity index (χ3v) is 7.74. The molecule has 0 atom stereocenters. The Bertz CT molecular complexity index is 1920. The van der Waals surface area contributed by atoms with Crippen molar-refractivity contribution in [3.63, 3.8) is 0 Å². The first-order valence-electron chi connectivity index (χ1n) is 12.9. The lowest BCUT2D eigenvalue weighted by Crippen LogP contribution is -2.31. The maximum atomic E-state index is 10.1. The number of fused-ring (bicyclic) bond motifs is 3. The van der Waals surface area contributed by atoms with E-state index in [0.717, 1.165) is 61.0 Å². The molecule has 0 aliphatic carbocycles. The first kappa shape index (κ1) is 23.7. The van der Waals surface area contributed by atoms with E-state index in [1.165, 1.54) is 16.7 Å². The molecule has 0 bridgehead atoms. The molecular weight excluding hydrogens is 464 g/mol. The second-order valence-corrected chi connectivity index (χ2v) is 10.2. The minimum absolute atomic E-state index is 0.613. The molecule has 0 saturated carbocycles. The van der Waals surface area contributed by atoms with Crippen molar-refractivity contribution in [3.8, 4) is 39.6 Å². The molecule has 184 valence electrons. The lowest BCUT2D eigenvalue weighted by atomic mass is 9.91. The third-order valence-electron chi connectivity index (χ3n) is 7.74. The minimum atomic E-state index is 0.613. The molecule has 0 radical (unpaired) electrons. The molecule has 0 spiro atoms. The molecule has 0 unspecified atom stereocenters. The van der Waals surface area contributed by atoms with E-state index < -0.39 is 0 Å². The molecule has 0 saturated heterocycles. The average molecular weight is 494 g/mol. The summed E-state index contributed by atoms with van der Waals surface area (Å²) >= 11 is 0. The van der Waals surface area contributed by atoms with Gasteiger partial charge in [-0.05, 0) is 73.2 Å². The average Bonchev–Trinajstić information content (AvgIpc) is 3.29. The summed E-state index contributed by atoms with van der Waals surface area (Å²) < 4.78 is 8.95. The van der Waals surface area contributed by atoms with Crippen LogP contribution >= 0.6 is 0 Å². The van der Waals surface area contributed by atoms with E-state index >= 15 is 0 Å². The summed E-state index contributed by atoms with van der Waals surface area (Å²) in [5.74, 6) is 0. The summed E-state index contributed by atoms with van der Waals surface area (Å²) in [6.07, 6.45) is 2.17. The van der Waals surface area contributed by atoms with Crippen LogP contribution in [0.2, 0.25) is 0 Å². The highest BCUT2D eigenvalue weighted by Crippen LogP contribution is 2.43. The van der Waals surface area contributed by atoms with Crippen LogP contribution in [-0.2, 0) is 7.05 Å². The molecule has 3 heteroatoms. The van der Waals surface area contributed by atoms with Gasteiger partial charge in [0.15, 0.2) is 6.20 Å². The van der Waals surface area contributed by atoms with Crippen LogP contribution in [-0.4, -0.2) is 0 Å². The summed E-state index contributed by atoms with van der Waals surface area (Å²) in [6, 6.07) is 29.7. The van der Waals surface area contributed by atoms with E-state index in [1.54, 1.807) is 0 Å². The van der Waals surface area contributed by atoms with E-state index in [9.17, 15) is 5.26 Å². The lowest BCUT2D eigenvalue weighted by Gasteiger charge is -2.11. The first-order valence-corrected chi connectivity index (χ1v) is 12.9. The number of pyridine rings is 1. The molecule has 3 nitrogen and oxygen atoms in total. The maximum absolute atomic E-state index is 10.1. The van der Waals surface area contributed by atoms with Gasteiger partial charge in [0.2, 0.25) is 5.69 Å². The third kappa shape index (κ3) is 3.69. The van der Waals surface area contributed by atoms with Gasteiger partial charge in [0.1, 0.15) is 18.2 Å². The summed E-state index contributed by atoms with van der Waals surface area (Å²) in [5, 5.41) is 12.2. The second-order valence-electron chi connectivity index (χ2n) is 10.2. The van der Waals surface area contributed by atoms with E-state index in [-0.39, 0.29) is 0 Å². The Kier molecular flexibility index (Phi) is 5.62. The molecule has 0 fully saturated rings. The van der Waals surface area contributed by atoms with E-state index in [0.29, 0.717) is 5.56 Å². The number of hydrogen-bond donors (Lipinski definition) is 0. The highest BCUT2D eigenvalue weighted by atomic mass is 16.3. The summed E-state index contributed by atoms with van der Waals surface area (Å²) in [7, 11) is 2.08. The molecule has 0 N–H and O–H groups in total. The topological polar surface area (TPSA) is 40.8 Å². The Morgan fingerprint density at radius 3 is 2.08 bits per heavy atom.